The van der Waals surface area contributed by atoms with Crippen molar-refractivity contribution in [2.75, 3.05) is 19.7 Å². The summed E-state index contributed by atoms with van der Waals surface area (Å²) in [4.78, 5) is 18.1. The number of aromatic nitrogens is 2. The van der Waals surface area contributed by atoms with Crippen LogP contribution in [0.2, 0.25) is 0 Å². The van der Waals surface area contributed by atoms with E-state index in [0.717, 1.165) is 49.5 Å². The summed E-state index contributed by atoms with van der Waals surface area (Å²) in [5.41, 5.74) is 7.66. The SMILES string of the molecule is NC(=O)c1ccc2c(c1)nc1n2CCN(CCCO)C1. The van der Waals surface area contributed by atoms with Gasteiger partial charge in [-0.2, -0.15) is 0 Å². The van der Waals surface area contributed by atoms with E-state index in [-0.39, 0.29) is 6.61 Å². The Labute approximate surface area is 116 Å². The largest absolute Gasteiger partial charge is 0.396 e. The van der Waals surface area contributed by atoms with E-state index in [4.69, 9.17) is 10.8 Å². The molecule has 1 aliphatic heterocycles. The van der Waals surface area contributed by atoms with Gasteiger partial charge >= 0.3 is 0 Å². The van der Waals surface area contributed by atoms with Gasteiger partial charge in [0.05, 0.1) is 17.6 Å². The summed E-state index contributed by atoms with van der Waals surface area (Å²) in [5, 5.41) is 8.90. The number of carbonyl (C=O) groups excluding carboxylic acids is 1. The molecule has 0 bridgehead atoms. The molecule has 2 heterocycles. The lowest BCUT2D eigenvalue weighted by Gasteiger charge is -2.27. The highest BCUT2D eigenvalue weighted by molar-refractivity contribution is 5.96. The van der Waals surface area contributed by atoms with Crippen LogP contribution in [-0.4, -0.2) is 45.2 Å². The lowest BCUT2D eigenvalue weighted by molar-refractivity contribution is 0.100. The second-order valence-corrected chi connectivity index (χ2v) is 5.10. The van der Waals surface area contributed by atoms with Crippen LogP contribution in [0.25, 0.3) is 11.0 Å². The molecule has 0 atom stereocenters. The molecule has 1 aromatic heterocycles. The Kier molecular flexibility index (Phi) is 3.42. The van der Waals surface area contributed by atoms with Crippen LogP contribution in [0.4, 0.5) is 0 Å². The number of aliphatic hydroxyl groups is 1. The van der Waals surface area contributed by atoms with E-state index in [2.05, 4.69) is 14.5 Å². The van der Waals surface area contributed by atoms with Crippen molar-refractivity contribution in [3.05, 3.63) is 29.6 Å². The summed E-state index contributed by atoms with van der Waals surface area (Å²) in [6.45, 7) is 3.71. The zero-order chi connectivity index (χ0) is 14.1. The average molecular weight is 274 g/mol. The van der Waals surface area contributed by atoms with Crippen molar-refractivity contribution < 1.29 is 9.90 Å². The molecule has 20 heavy (non-hydrogen) atoms. The number of hydrogen-bond donors (Lipinski definition) is 2. The van der Waals surface area contributed by atoms with Gasteiger partial charge in [-0.15, -0.1) is 0 Å². The molecule has 0 radical (unpaired) electrons. The van der Waals surface area contributed by atoms with Gasteiger partial charge in [-0.1, -0.05) is 0 Å². The molecule has 1 amide bonds. The molecule has 0 spiro atoms. The van der Waals surface area contributed by atoms with Gasteiger partial charge in [0.1, 0.15) is 5.82 Å². The predicted octanol–water partition coefficient (Wildman–Crippen LogP) is 0.333. The van der Waals surface area contributed by atoms with E-state index in [1.165, 1.54) is 0 Å². The van der Waals surface area contributed by atoms with Gasteiger partial charge < -0.3 is 15.4 Å². The van der Waals surface area contributed by atoms with Crippen molar-refractivity contribution in [2.45, 2.75) is 19.5 Å². The van der Waals surface area contributed by atoms with Crippen molar-refractivity contribution in [1.82, 2.24) is 14.5 Å². The number of fused-ring (bicyclic) bond motifs is 3. The zero-order valence-corrected chi connectivity index (χ0v) is 11.2. The van der Waals surface area contributed by atoms with Gasteiger partial charge in [0.15, 0.2) is 0 Å². The smallest absolute Gasteiger partial charge is 0.248 e. The van der Waals surface area contributed by atoms with Gasteiger partial charge in [-0.25, -0.2) is 4.98 Å². The molecule has 0 fully saturated rings. The van der Waals surface area contributed by atoms with Crippen LogP contribution in [0, 0.1) is 0 Å². The number of benzene rings is 1. The van der Waals surface area contributed by atoms with Gasteiger partial charge in [-0.3, -0.25) is 9.69 Å². The van der Waals surface area contributed by atoms with Crippen LogP contribution in [-0.2, 0) is 13.1 Å². The number of rotatable bonds is 4. The quantitative estimate of drug-likeness (QED) is 0.841. The fraction of sp³-hybridized carbons (Fsp3) is 0.429. The average Bonchev–Trinajstić information content (AvgIpc) is 2.81. The standard InChI is InChI=1S/C14H18N4O2/c15-14(20)10-2-3-12-11(8-10)16-13-9-17(4-1-7-19)5-6-18(12)13/h2-3,8,19H,1,4-7,9H2,(H2,15,20). The fourth-order valence-corrected chi connectivity index (χ4v) is 2.71. The minimum Gasteiger partial charge on any atom is -0.396 e. The van der Waals surface area contributed by atoms with Crippen LogP contribution in [0.15, 0.2) is 18.2 Å². The van der Waals surface area contributed by atoms with E-state index in [0.29, 0.717) is 5.56 Å². The first-order valence-corrected chi connectivity index (χ1v) is 6.81. The minimum atomic E-state index is -0.428. The Morgan fingerprint density at radius 3 is 3.00 bits per heavy atom. The van der Waals surface area contributed by atoms with E-state index < -0.39 is 5.91 Å². The van der Waals surface area contributed by atoms with Crippen LogP contribution in [0.3, 0.4) is 0 Å². The maximum atomic E-state index is 11.2. The molecule has 0 saturated heterocycles. The van der Waals surface area contributed by atoms with Gasteiger partial charge in [0.2, 0.25) is 5.91 Å². The first-order chi connectivity index (χ1) is 9.69. The van der Waals surface area contributed by atoms with Gasteiger partial charge in [0.25, 0.3) is 0 Å². The van der Waals surface area contributed by atoms with Crippen LogP contribution in [0.5, 0.6) is 0 Å². The van der Waals surface area contributed by atoms with Crippen molar-refractivity contribution in [3.63, 3.8) is 0 Å². The van der Waals surface area contributed by atoms with Gasteiger partial charge in [-0.05, 0) is 24.6 Å². The lowest BCUT2D eigenvalue weighted by Crippen LogP contribution is -2.34. The number of amides is 1. The number of imidazole rings is 1. The maximum Gasteiger partial charge on any atom is 0.248 e. The maximum absolute atomic E-state index is 11.2. The van der Waals surface area contributed by atoms with Crippen molar-refractivity contribution in [1.29, 1.82) is 0 Å². The Morgan fingerprint density at radius 1 is 1.40 bits per heavy atom. The minimum absolute atomic E-state index is 0.217. The van der Waals surface area contributed by atoms with Gasteiger partial charge in [0, 0.05) is 31.8 Å². The summed E-state index contributed by atoms with van der Waals surface area (Å²) >= 11 is 0. The molecule has 2 aromatic rings. The highest BCUT2D eigenvalue weighted by Crippen LogP contribution is 2.22. The Hall–Kier alpha value is -1.92. The van der Waals surface area contributed by atoms with Crippen LogP contribution in [0.1, 0.15) is 22.6 Å². The first-order valence-electron chi connectivity index (χ1n) is 6.81. The number of nitrogens with two attached hydrogens (primary N) is 1. The molecular weight excluding hydrogens is 256 g/mol. The van der Waals surface area contributed by atoms with Crippen molar-refractivity contribution in [2.24, 2.45) is 5.73 Å². The molecule has 3 rings (SSSR count). The Balaban J connectivity index is 1.91. The highest BCUT2D eigenvalue weighted by atomic mass is 16.3. The normalized spacial score (nSPS) is 15.4. The number of nitrogens with zero attached hydrogens (tertiary/aromatic N) is 3. The zero-order valence-electron chi connectivity index (χ0n) is 11.2. The third-order valence-corrected chi connectivity index (χ3v) is 3.75. The second-order valence-electron chi connectivity index (χ2n) is 5.10. The van der Waals surface area contributed by atoms with Crippen molar-refractivity contribution in [3.8, 4) is 0 Å². The molecule has 6 nitrogen and oxygen atoms in total. The molecule has 1 aliphatic rings. The van der Waals surface area contributed by atoms with E-state index >= 15 is 0 Å². The summed E-state index contributed by atoms with van der Waals surface area (Å²) < 4.78 is 2.19. The number of carbonyl (C=O) groups is 1. The van der Waals surface area contributed by atoms with Crippen LogP contribution < -0.4 is 5.73 Å². The van der Waals surface area contributed by atoms with Crippen LogP contribution >= 0.6 is 0 Å². The summed E-state index contributed by atoms with van der Waals surface area (Å²) in [5.74, 6) is 0.577. The molecule has 0 unspecified atom stereocenters. The summed E-state index contributed by atoms with van der Waals surface area (Å²) in [7, 11) is 0. The third-order valence-electron chi connectivity index (χ3n) is 3.75. The third kappa shape index (κ3) is 2.28. The molecule has 3 N–H and O–H groups in total. The molecule has 0 saturated carbocycles. The van der Waals surface area contributed by atoms with E-state index in [9.17, 15) is 4.79 Å². The van der Waals surface area contributed by atoms with E-state index in [1.54, 1.807) is 12.1 Å². The molecule has 106 valence electrons. The van der Waals surface area contributed by atoms with Crippen molar-refractivity contribution >= 4 is 16.9 Å². The highest BCUT2D eigenvalue weighted by Gasteiger charge is 2.20. The van der Waals surface area contributed by atoms with E-state index in [1.807, 2.05) is 6.07 Å². The topological polar surface area (TPSA) is 84.4 Å². The molecule has 0 aliphatic carbocycles. The number of hydrogen-bond acceptors (Lipinski definition) is 4. The summed E-state index contributed by atoms with van der Waals surface area (Å²) in [6, 6.07) is 5.41. The number of primary amides is 1. The molecule has 1 aromatic carbocycles. The Bertz CT molecular complexity index is 650. The second kappa shape index (κ2) is 5.22. The predicted molar refractivity (Wildman–Crippen MR) is 75.2 cm³/mol. The summed E-state index contributed by atoms with van der Waals surface area (Å²) in [6.07, 6.45) is 0.784. The molecular formula is C14H18N4O2. The molecule has 6 heteroatoms. The monoisotopic (exact) mass is 274 g/mol. The first kappa shape index (κ1) is 13.1. The lowest BCUT2D eigenvalue weighted by atomic mass is 10.2. The number of aliphatic hydroxyl groups excluding tert-OH is 1. The fourth-order valence-electron chi connectivity index (χ4n) is 2.71. The Morgan fingerprint density at radius 2 is 2.25 bits per heavy atom.